The maximum Gasteiger partial charge on any atom is 2.00 e. The molecule has 0 amide bonds. The number of hydrogen-bond acceptors (Lipinski definition) is 2. The molecule has 0 bridgehead atoms. The number of nitrogens with zero attached hydrogens (tertiary/aromatic N) is 2. The Morgan fingerprint density at radius 2 is 0.941 bits per heavy atom. The number of nitrogens with one attached hydrogen (secondary N) is 4. The standard InChI is InChI=1S/2C4H8N3.Ni.2H2O/c2*1-3(5)7-4(2)6;;;/h2*1-2H3,(H2-,5,6,7);;2*1H2/q2*-1;+2;;. The van der Waals surface area contributed by atoms with Crippen molar-refractivity contribution in [2.45, 2.75) is 27.7 Å². The second-order valence-electron chi connectivity index (χ2n) is 2.57. The Labute approximate surface area is 111 Å². The second kappa shape index (κ2) is 17.1. The van der Waals surface area contributed by atoms with Crippen molar-refractivity contribution in [1.82, 2.24) is 0 Å². The Balaban J connectivity index is -0.0000000480. The van der Waals surface area contributed by atoms with Crippen molar-refractivity contribution < 1.29 is 27.4 Å². The summed E-state index contributed by atoms with van der Waals surface area (Å²) in [5.41, 5.74) is 13.4. The van der Waals surface area contributed by atoms with Crippen molar-refractivity contribution in [3.05, 3.63) is 11.5 Å². The van der Waals surface area contributed by atoms with Gasteiger partial charge in [-0.1, -0.05) is 11.7 Å². The van der Waals surface area contributed by atoms with Gasteiger partial charge in [0, 0.05) is 11.7 Å². The molecule has 0 aromatic rings. The molecule has 0 aromatic heterocycles. The van der Waals surface area contributed by atoms with Crippen LogP contribution in [-0.4, -0.2) is 34.3 Å². The van der Waals surface area contributed by atoms with Crippen LogP contribution in [0.4, 0.5) is 0 Å². The van der Waals surface area contributed by atoms with Gasteiger partial charge in [-0.15, -0.1) is 0 Å². The normalized spacial score (nSPS) is 9.41. The summed E-state index contributed by atoms with van der Waals surface area (Å²) in [6, 6.07) is 0. The Kier molecular flexibility index (Phi) is 29.8. The predicted octanol–water partition coefficient (Wildman–Crippen LogP) is 1.26. The number of hydrogen-bond donors (Lipinski definition) is 2. The summed E-state index contributed by atoms with van der Waals surface area (Å²) in [6.45, 7) is 6.16. The fourth-order valence-corrected chi connectivity index (χ4v) is 0.503. The molecule has 0 aliphatic carbocycles. The summed E-state index contributed by atoms with van der Waals surface area (Å²) in [5.74, 6) is 0.750. The van der Waals surface area contributed by atoms with E-state index in [1.807, 2.05) is 0 Å². The molecule has 0 saturated heterocycles. The van der Waals surface area contributed by atoms with E-state index in [0.717, 1.165) is 0 Å². The number of aliphatic imine (C=N–C) groups is 2. The second-order valence-corrected chi connectivity index (χ2v) is 2.57. The molecule has 0 unspecified atom stereocenters. The quantitative estimate of drug-likeness (QED) is 0.370. The summed E-state index contributed by atoms with van der Waals surface area (Å²) in [5, 5.41) is 13.4. The molecule has 0 saturated carbocycles. The molecular weight excluding hydrogens is 271 g/mol. The van der Waals surface area contributed by atoms with Crippen molar-refractivity contribution in [2.75, 3.05) is 0 Å². The minimum Gasteiger partial charge on any atom is -0.486 e. The fourth-order valence-electron chi connectivity index (χ4n) is 0.503. The third-order valence-corrected chi connectivity index (χ3v) is 0.671. The zero-order valence-corrected chi connectivity index (χ0v) is 11.2. The third-order valence-electron chi connectivity index (χ3n) is 0.671. The topological polar surface area (TPSA) is 183 Å². The summed E-state index contributed by atoms with van der Waals surface area (Å²) in [4.78, 5) is 6.89. The average Bonchev–Trinajstić information content (AvgIpc) is 1.79. The Bertz CT molecular complexity index is 241. The molecule has 17 heavy (non-hydrogen) atoms. The summed E-state index contributed by atoms with van der Waals surface area (Å²) < 4.78 is 0. The fraction of sp³-hybridized carbons (Fsp3) is 0.500. The van der Waals surface area contributed by atoms with Crippen LogP contribution in [0.2, 0.25) is 0 Å². The Morgan fingerprint density at radius 1 is 0.765 bits per heavy atom. The van der Waals surface area contributed by atoms with E-state index < -0.39 is 0 Å². The first-order valence-corrected chi connectivity index (χ1v) is 3.89. The van der Waals surface area contributed by atoms with Gasteiger partial charge < -0.3 is 43.2 Å². The van der Waals surface area contributed by atoms with Crippen LogP contribution < -0.4 is 0 Å². The van der Waals surface area contributed by atoms with Crippen molar-refractivity contribution in [2.24, 2.45) is 9.98 Å². The van der Waals surface area contributed by atoms with Crippen molar-refractivity contribution in [1.29, 1.82) is 10.8 Å². The van der Waals surface area contributed by atoms with E-state index in [9.17, 15) is 0 Å². The third kappa shape index (κ3) is 52.8. The van der Waals surface area contributed by atoms with Gasteiger partial charge in [-0.05, 0) is 27.7 Å². The summed E-state index contributed by atoms with van der Waals surface area (Å²) in [6.07, 6.45) is 0. The van der Waals surface area contributed by atoms with Gasteiger partial charge in [0.25, 0.3) is 0 Å². The molecule has 0 radical (unpaired) electrons. The van der Waals surface area contributed by atoms with E-state index >= 15 is 0 Å². The first-order valence-electron chi connectivity index (χ1n) is 3.89. The molecular formula is C8H20N6NiO2. The van der Waals surface area contributed by atoms with Crippen molar-refractivity contribution in [3.63, 3.8) is 0 Å². The monoisotopic (exact) mass is 290 g/mol. The van der Waals surface area contributed by atoms with Crippen molar-refractivity contribution in [3.8, 4) is 0 Å². The molecule has 0 aromatic carbocycles. The largest absolute Gasteiger partial charge is 2.00 e. The van der Waals surface area contributed by atoms with Crippen LogP contribution in [-0.2, 0) is 16.5 Å². The van der Waals surface area contributed by atoms with Gasteiger partial charge in [0.1, 0.15) is 0 Å². The van der Waals surface area contributed by atoms with E-state index in [1.165, 1.54) is 27.7 Å². The molecule has 0 atom stereocenters. The molecule has 8 nitrogen and oxygen atoms in total. The van der Waals surface area contributed by atoms with Crippen LogP contribution in [0.1, 0.15) is 27.7 Å². The summed E-state index contributed by atoms with van der Waals surface area (Å²) in [7, 11) is 0. The van der Waals surface area contributed by atoms with E-state index in [1.54, 1.807) is 0 Å². The minimum absolute atomic E-state index is 0. The van der Waals surface area contributed by atoms with Gasteiger partial charge in [-0.3, -0.25) is 0 Å². The smallest absolute Gasteiger partial charge is 0.486 e. The van der Waals surface area contributed by atoms with E-state index in [4.69, 9.17) is 22.3 Å². The molecule has 0 heterocycles. The Hall–Kier alpha value is -1.31. The average molecular weight is 291 g/mol. The van der Waals surface area contributed by atoms with Crippen LogP contribution in [0.25, 0.3) is 11.5 Å². The molecule has 0 fully saturated rings. The van der Waals surface area contributed by atoms with Crippen LogP contribution >= 0.6 is 0 Å². The maximum atomic E-state index is 6.72. The van der Waals surface area contributed by atoms with Crippen LogP contribution in [0.3, 0.4) is 0 Å². The molecule has 0 rings (SSSR count). The van der Waals surface area contributed by atoms with Gasteiger partial charge in [-0.25, -0.2) is 0 Å². The van der Waals surface area contributed by atoms with Crippen LogP contribution in [0.5, 0.6) is 0 Å². The van der Waals surface area contributed by atoms with E-state index in [0.29, 0.717) is 0 Å². The SMILES string of the molecule is CC(=N)N=C(C)[NH-].CC(=N)N=C(C)[NH-].O.O.[Ni+2]. The first-order chi connectivity index (χ1) is 6.25. The molecule has 0 aliphatic heterocycles. The van der Waals surface area contributed by atoms with Gasteiger partial charge in [0.15, 0.2) is 0 Å². The zero-order valence-electron chi connectivity index (χ0n) is 10.2. The van der Waals surface area contributed by atoms with E-state index in [-0.39, 0.29) is 50.8 Å². The number of rotatable bonds is 0. The molecule has 0 spiro atoms. The van der Waals surface area contributed by atoms with Crippen molar-refractivity contribution >= 4 is 23.3 Å². The number of amidine groups is 4. The van der Waals surface area contributed by atoms with Gasteiger partial charge in [0.05, 0.1) is 0 Å². The first kappa shape index (κ1) is 29.6. The zero-order chi connectivity index (χ0) is 11.7. The molecule has 8 N–H and O–H groups in total. The van der Waals surface area contributed by atoms with Crippen LogP contribution in [0, 0.1) is 10.8 Å². The molecule has 9 heteroatoms. The predicted molar refractivity (Wildman–Crippen MR) is 68.9 cm³/mol. The summed E-state index contributed by atoms with van der Waals surface area (Å²) >= 11 is 0. The maximum absolute atomic E-state index is 6.72. The van der Waals surface area contributed by atoms with Gasteiger partial charge in [0.2, 0.25) is 0 Å². The van der Waals surface area contributed by atoms with Gasteiger partial charge in [-0.2, -0.15) is 0 Å². The van der Waals surface area contributed by atoms with E-state index in [2.05, 4.69) is 9.98 Å². The van der Waals surface area contributed by atoms with Crippen LogP contribution in [0.15, 0.2) is 9.98 Å². The molecule has 104 valence electrons. The minimum atomic E-state index is 0. The Morgan fingerprint density at radius 3 is 0.941 bits per heavy atom. The van der Waals surface area contributed by atoms with Gasteiger partial charge >= 0.3 is 16.5 Å². The molecule has 0 aliphatic rings.